The van der Waals surface area contributed by atoms with Crippen LogP contribution in [0.2, 0.25) is 5.02 Å². The lowest BCUT2D eigenvalue weighted by atomic mass is 10.1. The first kappa shape index (κ1) is 11.9. The molecule has 0 spiro atoms. The van der Waals surface area contributed by atoms with E-state index >= 15 is 0 Å². The lowest BCUT2D eigenvalue weighted by Crippen LogP contribution is -2.03. The molecule has 1 aromatic carbocycles. The zero-order valence-electron chi connectivity index (χ0n) is 8.22. The molecular weight excluding hydrogens is 219 g/mol. The average molecular weight is 229 g/mol. The molecule has 15 heavy (non-hydrogen) atoms. The van der Waals surface area contributed by atoms with Crippen LogP contribution >= 0.6 is 11.6 Å². The van der Waals surface area contributed by atoms with E-state index in [2.05, 4.69) is 0 Å². The normalized spacial score (nSPS) is 10.1. The highest BCUT2D eigenvalue weighted by atomic mass is 35.5. The first-order valence-corrected chi connectivity index (χ1v) is 4.86. The summed E-state index contributed by atoms with van der Waals surface area (Å²) in [6.07, 6.45) is 0.299. The highest BCUT2D eigenvalue weighted by Crippen LogP contribution is 2.19. The Morgan fingerprint density at radius 2 is 2.00 bits per heavy atom. The largest absolute Gasteiger partial charge is 0.300 e. The van der Waals surface area contributed by atoms with Crippen molar-refractivity contribution >= 4 is 23.2 Å². The van der Waals surface area contributed by atoms with Crippen molar-refractivity contribution in [3.63, 3.8) is 0 Å². The molecule has 0 saturated carbocycles. The summed E-state index contributed by atoms with van der Waals surface area (Å²) in [5.41, 5.74) is 0.263. The lowest BCUT2D eigenvalue weighted by molar-refractivity contribution is -0.116. The van der Waals surface area contributed by atoms with Crippen LogP contribution in [0.3, 0.4) is 0 Å². The summed E-state index contributed by atoms with van der Waals surface area (Å²) in [5, 5.41) is 0.0866. The van der Waals surface area contributed by atoms with E-state index in [9.17, 15) is 14.0 Å². The van der Waals surface area contributed by atoms with E-state index in [1.54, 1.807) is 0 Å². The molecule has 2 nitrogen and oxygen atoms in total. The van der Waals surface area contributed by atoms with Crippen LogP contribution in [0.4, 0.5) is 4.39 Å². The zero-order chi connectivity index (χ0) is 11.4. The molecule has 0 bridgehead atoms. The summed E-state index contributed by atoms with van der Waals surface area (Å²) in [7, 11) is 0. The van der Waals surface area contributed by atoms with Crippen molar-refractivity contribution in [1.29, 1.82) is 0 Å². The van der Waals surface area contributed by atoms with E-state index in [1.807, 2.05) is 0 Å². The van der Waals surface area contributed by atoms with E-state index < -0.39 is 5.82 Å². The average Bonchev–Trinajstić information content (AvgIpc) is 2.14. The summed E-state index contributed by atoms with van der Waals surface area (Å²) in [5.74, 6) is -0.778. The number of benzene rings is 1. The lowest BCUT2D eigenvalue weighted by Gasteiger charge is -2.02. The standard InChI is InChI=1S/C11H10ClFO2/c1-7(14)2-5-11(15)9-4-3-8(13)6-10(9)12/h3-4,6H,2,5H2,1H3. The number of halogens is 2. The van der Waals surface area contributed by atoms with Gasteiger partial charge in [0.05, 0.1) is 5.02 Å². The minimum absolute atomic E-state index is 0.0541. The van der Waals surface area contributed by atoms with Gasteiger partial charge < -0.3 is 4.79 Å². The Morgan fingerprint density at radius 3 is 2.53 bits per heavy atom. The van der Waals surface area contributed by atoms with E-state index in [4.69, 9.17) is 11.6 Å². The maximum absolute atomic E-state index is 12.7. The van der Waals surface area contributed by atoms with Crippen molar-refractivity contribution in [2.24, 2.45) is 0 Å². The number of hydrogen-bond donors (Lipinski definition) is 0. The number of hydrogen-bond acceptors (Lipinski definition) is 2. The molecule has 0 fully saturated rings. The molecule has 0 radical (unpaired) electrons. The van der Waals surface area contributed by atoms with Gasteiger partial charge in [-0.05, 0) is 25.1 Å². The minimum atomic E-state index is -0.483. The van der Waals surface area contributed by atoms with Crippen molar-refractivity contribution in [1.82, 2.24) is 0 Å². The fourth-order valence-corrected chi connectivity index (χ4v) is 1.41. The van der Waals surface area contributed by atoms with Crippen molar-refractivity contribution in [2.75, 3.05) is 0 Å². The maximum atomic E-state index is 12.7. The molecular formula is C11H10ClFO2. The third-order valence-corrected chi connectivity index (χ3v) is 2.25. The monoisotopic (exact) mass is 228 g/mol. The Hall–Kier alpha value is -1.22. The third-order valence-electron chi connectivity index (χ3n) is 1.94. The highest BCUT2D eigenvalue weighted by Gasteiger charge is 2.11. The Labute approximate surface area is 92.0 Å². The summed E-state index contributed by atoms with van der Waals surface area (Å²) < 4.78 is 12.7. The Morgan fingerprint density at radius 1 is 1.33 bits per heavy atom. The fraction of sp³-hybridized carbons (Fsp3) is 0.273. The Balaban J connectivity index is 2.78. The second-order valence-corrected chi connectivity index (χ2v) is 3.66. The van der Waals surface area contributed by atoms with Gasteiger partial charge in [-0.25, -0.2) is 4.39 Å². The van der Waals surface area contributed by atoms with Crippen molar-refractivity contribution in [2.45, 2.75) is 19.8 Å². The predicted molar refractivity (Wildman–Crippen MR) is 55.7 cm³/mol. The van der Waals surface area contributed by atoms with Gasteiger partial charge >= 0.3 is 0 Å². The molecule has 0 unspecified atom stereocenters. The SMILES string of the molecule is CC(=O)CCC(=O)c1ccc(F)cc1Cl. The van der Waals surface area contributed by atoms with Crippen LogP contribution in [0, 0.1) is 5.82 Å². The summed E-state index contributed by atoms with van der Waals surface area (Å²) in [6, 6.07) is 3.59. The highest BCUT2D eigenvalue weighted by molar-refractivity contribution is 6.34. The minimum Gasteiger partial charge on any atom is -0.300 e. The van der Waals surface area contributed by atoms with E-state index in [0.717, 1.165) is 6.07 Å². The third kappa shape index (κ3) is 3.44. The van der Waals surface area contributed by atoms with Gasteiger partial charge in [0.2, 0.25) is 0 Å². The van der Waals surface area contributed by atoms with Crippen LogP contribution in [0.5, 0.6) is 0 Å². The van der Waals surface area contributed by atoms with Gasteiger partial charge in [-0.3, -0.25) is 4.79 Å². The number of ketones is 2. The molecule has 80 valence electrons. The molecule has 4 heteroatoms. The number of Topliss-reactive ketones (excluding diaryl/α,β-unsaturated/α-hetero) is 2. The van der Waals surface area contributed by atoms with Crippen LogP contribution in [-0.2, 0) is 4.79 Å². The van der Waals surface area contributed by atoms with Gasteiger partial charge in [0.15, 0.2) is 5.78 Å². The summed E-state index contributed by atoms with van der Waals surface area (Å²) in [4.78, 5) is 22.2. The topological polar surface area (TPSA) is 34.1 Å². The number of rotatable bonds is 4. The first-order valence-electron chi connectivity index (χ1n) is 4.48. The van der Waals surface area contributed by atoms with Crippen molar-refractivity contribution < 1.29 is 14.0 Å². The molecule has 0 aliphatic rings. The van der Waals surface area contributed by atoms with Gasteiger partial charge in [0.1, 0.15) is 11.6 Å². The van der Waals surface area contributed by atoms with Crippen molar-refractivity contribution in [3.8, 4) is 0 Å². The van der Waals surface area contributed by atoms with Crippen molar-refractivity contribution in [3.05, 3.63) is 34.6 Å². The number of carbonyl (C=O) groups excluding carboxylic acids is 2. The van der Waals surface area contributed by atoms with Crippen LogP contribution < -0.4 is 0 Å². The van der Waals surface area contributed by atoms with Gasteiger partial charge in [-0.1, -0.05) is 11.6 Å². The molecule has 0 amide bonds. The molecule has 0 saturated heterocycles. The molecule has 1 rings (SSSR count). The van der Waals surface area contributed by atoms with Crippen LogP contribution in [0.25, 0.3) is 0 Å². The molecule has 0 aromatic heterocycles. The van der Waals surface area contributed by atoms with Gasteiger partial charge in [-0.2, -0.15) is 0 Å². The summed E-state index contributed by atoms with van der Waals surface area (Å²) in [6.45, 7) is 1.42. The van der Waals surface area contributed by atoms with Crippen LogP contribution in [-0.4, -0.2) is 11.6 Å². The second kappa shape index (κ2) is 5.03. The first-order chi connectivity index (χ1) is 7.00. The predicted octanol–water partition coefficient (Wildman–Crippen LogP) is 3.03. The molecule has 1 aromatic rings. The second-order valence-electron chi connectivity index (χ2n) is 3.25. The quantitative estimate of drug-likeness (QED) is 0.743. The smallest absolute Gasteiger partial charge is 0.164 e. The van der Waals surface area contributed by atoms with Crippen LogP contribution in [0.1, 0.15) is 30.1 Å². The molecule has 0 N–H and O–H groups in total. The Bertz CT molecular complexity index is 402. The zero-order valence-corrected chi connectivity index (χ0v) is 8.97. The van der Waals surface area contributed by atoms with Gasteiger partial charge in [-0.15, -0.1) is 0 Å². The van der Waals surface area contributed by atoms with E-state index in [0.29, 0.717) is 0 Å². The molecule has 0 atom stereocenters. The molecule has 0 aliphatic carbocycles. The molecule has 0 heterocycles. The maximum Gasteiger partial charge on any atom is 0.164 e. The molecule has 0 aliphatic heterocycles. The fourth-order valence-electron chi connectivity index (χ4n) is 1.14. The summed E-state index contributed by atoms with van der Waals surface area (Å²) >= 11 is 5.69. The van der Waals surface area contributed by atoms with E-state index in [-0.39, 0.29) is 35.0 Å². The van der Waals surface area contributed by atoms with Crippen LogP contribution in [0.15, 0.2) is 18.2 Å². The van der Waals surface area contributed by atoms with E-state index in [1.165, 1.54) is 19.1 Å². The Kier molecular flexibility index (Phi) is 3.97. The van der Waals surface area contributed by atoms with Gasteiger partial charge in [0.25, 0.3) is 0 Å². The van der Waals surface area contributed by atoms with Gasteiger partial charge in [0, 0.05) is 18.4 Å². The number of carbonyl (C=O) groups is 2.